The summed E-state index contributed by atoms with van der Waals surface area (Å²) in [6, 6.07) is 3.70. The van der Waals surface area contributed by atoms with Crippen LogP contribution in [0.5, 0.6) is 0 Å². The van der Waals surface area contributed by atoms with Gasteiger partial charge in [-0.2, -0.15) is 0 Å². The van der Waals surface area contributed by atoms with E-state index in [0.29, 0.717) is 6.61 Å². The molecule has 8 heteroatoms. The number of rotatable bonds is 3. The van der Waals surface area contributed by atoms with Gasteiger partial charge in [0.15, 0.2) is 0 Å². The Bertz CT molecular complexity index is 537. The third-order valence-electron chi connectivity index (χ3n) is 3.10. The Balaban J connectivity index is 2.38. The lowest BCUT2D eigenvalue weighted by Gasteiger charge is -2.34. The summed E-state index contributed by atoms with van der Waals surface area (Å²) in [5.74, 6) is -0.526. The standard InChI is InChI=1S/C12H13ClN2O5/c13-10-3-1-2-9(11(10)15(18)19)12(17)14-4-5-20-7-8(14)6-16/h1-3,8,16H,4-7H2. The van der Waals surface area contributed by atoms with Gasteiger partial charge in [-0.15, -0.1) is 0 Å². The maximum Gasteiger partial charge on any atom is 0.300 e. The highest BCUT2D eigenvalue weighted by atomic mass is 35.5. The third-order valence-corrected chi connectivity index (χ3v) is 3.40. The number of aliphatic hydroxyl groups is 1. The molecule has 0 spiro atoms. The van der Waals surface area contributed by atoms with Crippen LogP contribution in [0.15, 0.2) is 18.2 Å². The molecule has 0 aliphatic carbocycles. The Hall–Kier alpha value is -1.70. The van der Waals surface area contributed by atoms with Crippen molar-refractivity contribution in [3.8, 4) is 0 Å². The predicted molar refractivity (Wildman–Crippen MR) is 70.8 cm³/mol. The van der Waals surface area contributed by atoms with Crippen LogP contribution < -0.4 is 0 Å². The quantitative estimate of drug-likeness (QED) is 0.666. The van der Waals surface area contributed by atoms with E-state index in [1.165, 1.54) is 23.1 Å². The van der Waals surface area contributed by atoms with Gasteiger partial charge in [0.2, 0.25) is 0 Å². The van der Waals surface area contributed by atoms with E-state index in [4.69, 9.17) is 16.3 Å². The van der Waals surface area contributed by atoms with Crippen LogP contribution in [0.1, 0.15) is 10.4 Å². The van der Waals surface area contributed by atoms with Gasteiger partial charge in [0.25, 0.3) is 5.91 Å². The van der Waals surface area contributed by atoms with Crippen molar-refractivity contribution in [2.45, 2.75) is 6.04 Å². The SMILES string of the molecule is O=C(c1cccc(Cl)c1[N+](=O)[O-])N1CCOCC1CO. The Morgan fingerprint density at radius 1 is 1.60 bits per heavy atom. The monoisotopic (exact) mass is 300 g/mol. The number of hydrogen-bond acceptors (Lipinski definition) is 5. The topological polar surface area (TPSA) is 92.9 Å². The average molecular weight is 301 g/mol. The van der Waals surface area contributed by atoms with Crippen molar-refractivity contribution in [1.29, 1.82) is 0 Å². The van der Waals surface area contributed by atoms with Gasteiger partial charge in [-0.3, -0.25) is 14.9 Å². The minimum atomic E-state index is -0.677. The van der Waals surface area contributed by atoms with Crippen molar-refractivity contribution < 1.29 is 19.6 Å². The molecular weight excluding hydrogens is 288 g/mol. The van der Waals surface area contributed by atoms with E-state index in [9.17, 15) is 20.0 Å². The second-order valence-corrected chi connectivity index (χ2v) is 4.71. The average Bonchev–Trinajstić information content (AvgIpc) is 2.45. The Morgan fingerprint density at radius 2 is 2.35 bits per heavy atom. The number of aliphatic hydroxyl groups excluding tert-OH is 1. The summed E-state index contributed by atoms with van der Waals surface area (Å²) in [7, 11) is 0. The number of morpholine rings is 1. The summed E-state index contributed by atoms with van der Waals surface area (Å²) in [4.78, 5) is 24.2. The molecule has 20 heavy (non-hydrogen) atoms. The molecular formula is C12H13ClN2O5. The van der Waals surface area contributed by atoms with Gasteiger partial charge in [-0.25, -0.2) is 0 Å². The molecule has 108 valence electrons. The van der Waals surface area contributed by atoms with Crippen molar-refractivity contribution in [3.63, 3.8) is 0 Å². The van der Waals surface area contributed by atoms with Crippen LogP contribution in [0.25, 0.3) is 0 Å². The van der Waals surface area contributed by atoms with Crippen molar-refractivity contribution in [2.24, 2.45) is 0 Å². The number of para-hydroxylation sites is 1. The fourth-order valence-corrected chi connectivity index (χ4v) is 2.35. The van der Waals surface area contributed by atoms with Crippen molar-refractivity contribution in [2.75, 3.05) is 26.4 Å². The molecule has 1 atom stereocenters. The molecule has 1 saturated heterocycles. The van der Waals surface area contributed by atoms with Crippen LogP contribution in [-0.2, 0) is 4.74 Å². The van der Waals surface area contributed by atoms with Crippen LogP contribution in [0.4, 0.5) is 5.69 Å². The first-order valence-corrected chi connectivity index (χ1v) is 6.36. The molecule has 1 fully saturated rings. The molecule has 7 nitrogen and oxygen atoms in total. The molecule has 0 aromatic heterocycles. The molecule has 1 aromatic carbocycles. The van der Waals surface area contributed by atoms with Gasteiger partial charge < -0.3 is 14.7 Å². The van der Waals surface area contributed by atoms with E-state index in [1.807, 2.05) is 0 Å². The molecule has 1 heterocycles. The highest BCUT2D eigenvalue weighted by Gasteiger charge is 2.32. The first kappa shape index (κ1) is 14.7. The number of amides is 1. The van der Waals surface area contributed by atoms with Gasteiger partial charge in [0, 0.05) is 6.54 Å². The third kappa shape index (κ3) is 2.74. The molecule has 1 N–H and O–H groups in total. The summed E-state index contributed by atoms with van der Waals surface area (Å²) in [5.41, 5.74) is -0.495. The zero-order valence-corrected chi connectivity index (χ0v) is 11.2. The molecule has 2 rings (SSSR count). The van der Waals surface area contributed by atoms with Crippen molar-refractivity contribution >= 4 is 23.2 Å². The van der Waals surface area contributed by atoms with Gasteiger partial charge in [0.1, 0.15) is 10.6 Å². The van der Waals surface area contributed by atoms with Crippen LogP contribution in [0, 0.1) is 10.1 Å². The second kappa shape index (κ2) is 6.17. The summed E-state index contributed by atoms with van der Waals surface area (Å²) in [6.45, 7) is 0.543. The van der Waals surface area contributed by atoms with Crippen molar-refractivity contribution in [3.05, 3.63) is 38.9 Å². The summed E-state index contributed by atoms with van der Waals surface area (Å²) in [6.07, 6.45) is 0. The van der Waals surface area contributed by atoms with Gasteiger partial charge in [-0.05, 0) is 12.1 Å². The van der Waals surface area contributed by atoms with Crippen LogP contribution >= 0.6 is 11.6 Å². The minimum absolute atomic E-state index is 0.0807. The van der Waals surface area contributed by atoms with Crippen molar-refractivity contribution in [1.82, 2.24) is 4.90 Å². The number of nitro benzene ring substituents is 1. The molecule has 1 unspecified atom stereocenters. The number of carbonyl (C=O) groups is 1. The number of nitro groups is 1. The first-order chi connectivity index (χ1) is 9.56. The normalized spacial score (nSPS) is 18.9. The number of hydrogen-bond donors (Lipinski definition) is 1. The largest absolute Gasteiger partial charge is 0.394 e. The lowest BCUT2D eigenvalue weighted by atomic mass is 10.1. The molecule has 0 saturated carbocycles. The summed E-state index contributed by atoms with van der Waals surface area (Å²) < 4.78 is 5.18. The van der Waals surface area contributed by atoms with E-state index in [2.05, 4.69) is 0 Å². The van der Waals surface area contributed by atoms with E-state index in [-0.39, 0.29) is 30.3 Å². The highest BCUT2D eigenvalue weighted by molar-refractivity contribution is 6.33. The number of ether oxygens (including phenoxy) is 1. The van der Waals surface area contributed by atoms with Crippen LogP contribution in [0.3, 0.4) is 0 Å². The lowest BCUT2D eigenvalue weighted by molar-refractivity contribution is -0.385. The minimum Gasteiger partial charge on any atom is -0.394 e. The summed E-state index contributed by atoms with van der Waals surface area (Å²) in [5, 5.41) is 20.2. The van der Waals surface area contributed by atoms with Gasteiger partial charge >= 0.3 is 5.69 Å². The van der Waals surface area contributed by atoms with E-state index < -0.39 is 22.6 Å². The fourth-order valence-electron chi connectivity index (χ4n) is 2.10. The van der Waals surface area contributed by atoms with E-state index >= 15 is 0 Å². The zero-order chi connectivity index (χ0) is 14.7. The highest BCUT2D eigenvalue weighted by Crippen LogP contribution is 2.29. The lowest BCUT2D eigenvalue weighted by Crippen LogP contribution is -2.50. The molecule has 0 radical (unpaired) electrons. The predicted octanol–water partition coefficient (Wildman–Crippen LogP) is 1.08. The van der Waals surface area contributed by atoms with Crippen LogP contribution in [-0.4, -0.2) is 53.2 Å². The fraction of sp³-hybridized carbons (Fsp3) is 0.417. The number of benzene rings is 1. The number of nitrogens with zero attached hydrogens (tertiary/aromatic N) is 2. The first-order valence-electron chi connectivity index (χ1n) is 5.98. The number of halogens is 1. The Kier molecular flexibility index (Phi) is 4.53. The van der Waals surface area contributed by atoms with E-state index in [0.717, 1.165) is 0 Å². The molecule has 1 aromatic rings. The summed E-state index contributed by atoms with van der Waals surface area (Å²) >= 11 is 5.79. The Morgan fingerprint density at radius 3 is 3.00 bits per heavy atom. The molecule has 1 amide bonds. The maximum absolute atomic E-state index is 12.4. The maximum atomic E-state index is 12.4. The smallest absolute Gasteiger partial charge is 0.300 e. The second-order valence-electron chi connectivity index (χ2n) is 4.30. The van der Waals surface area contributed by atoms with Gasteiger partial charge in [-0.1, -0.05) is 17.7 Å². The van der Waals surface area contributed by atoms with Crippen LogP contribution in [0.2, 0.25) is 5.02 Å². The molecule has 0 bridgehead atoms. The van der Waals surface area contributed by atoms with Gasteiger partial charge in [0.05, 0.1) is 30.8 Å². The zero-order valence-electron chi connectivity index (χ0n) is 10.5. The molecule has 1 aliphatic rings. The molecule has 1 aliphatic heterocycles. The van der Waals surface area contributed by atoms with E-state index in [1.54, 1.807) is 0 Å². The Labute approximate surface area is 119 Å². The number of carbonyl (C=O) groups excluding carboxylic acids is 1.